The van der Waals surface area contributed by atoms with E-state index in [0.29, 0.717) is 0 Å². The number of phosphoric acid groups is 1. The molecule has 0 amide bonds. The third-order valence-corrected chi connectivity index (χ3v) is 8.63. The lowest BCUT2D eigenvalue weighted by Crippen LogP contribution is -2.32. The minimum Gasteiger partial charge on any atom is -0.448 e. The number of hydrogen-bond donors (Lipinski definition) is 4. The van der Waals surface area contributed by atoms with Crippen LogP contribution in [-0.4, -0.2) is 70.1 Å². The van der Waals surface area contributed by atoms with Crippen molar-refractivity contribution in [2.75, 3.05) is 13.0 Å². The lowest BCUT2D eigenvalue weighted by molar-refractivity contribution is -0.000248. The third-order valence-electron chi connectivity index (χ3n) is 2.86. The van der Waals surface area contributed by atoms with Gasteiger partial charge in [-0.15, -0.1) is 0 Å². The van der Waals surface area contributed by atoms with E-state index in [9.17, 15) is 14.0 Å². The van der Waals surface area contributed by atoms with Crippen LogP contribution in [0.4, 0.5) is 0 Å². The number of ether oxygens (including phenoxy) is 3. The van der Waals surface area contributed by atoms with Crippen LogP contribution in [0.25, 0.3) is 0 Å². The summed E-state index contributed by atoms with van der Waals surface area (Å²) in [5, 5.41) is 9.01. The molecule has 2 aliphatic heterocycles. The Morgan fingerprint density at radius 1 is 1.16 bits per heavy atom. The standard InChI is InChI=1S/C7H12BO12P3S2/c8-6-5-4(17-7(24)18-5)3(16-6)1-15-21(10,2-9)19-23(14,25)20-22(11,12)13/h3-6,9H,1-2H2,(H,14,25)(H2,11,12,13). The van der Waals surface area contributed by atoms with Crippen LogP contribution in [0.15, 0.2) is 0 Å². The van der Waals surface area contributed by atoms with Gasteiger partial charge in [0, 0.05) is 12.2 Å². The van der Waals surface area contributed by atoms with Crippen LogP contribution in [0.2, 0.25) is 0 Å². The van der Waals surface area contributed by atoms with E-state index in [0.717, 1.165) is 0 Å². The Balaban J connectivity index is 1.99. The van der Waals surface area contributed by atoms with Crippen LogP contribution in [0.3, 0.4) is 0 Å². The average Bonchev–Trinajstić information content (AvgIpc) is 2.93. The molecule has 12 nitrogen and oxygen atoms in total. The molecule has 18 heteroatoms. The number of thiocarbonyl (C=S) groups is 1. The second-order valence-corrected chi connectivity index (χ2v) is 11.4. The first kappa shape index (κ1) is 21.8. The SMILES string of the molecule is [B]C1OC(COP(=O)(CO)OP(O)(=S)OP(=O)(O)O)C2OC(=S)OC12. The normalized spacial score (nSPS) is 33.8. The van der Waals surface area contributed by atoms with Gasteiger partial charge in [-0.3, -0.25) is 4.57 Å². The average molecular weight is 456 g/mol. The van der Waals surface area contributed by atoms with Crippen molar-refractivity contribution in [1.29, 1.82) is 0 Å². The van der Waals surface area contributed by atoms with Crippen LogP contribution in [0.5, 0.6) is 0 Å². The molecular formula is C7H12BO12P3S2. The topological polar surface area (TPSA) is 170 Å². The van der Waals surface area contributed by atoms with Gasteiger partial charge in [0.15, 0.2) is 12.2 Å². The Kier molecular flexibility index (Phi) is 6.89. The third kappa shape index (κ3) is 6.01. The highest BCUT2D eigenvalue weighted by molar-refractivity contribution is 8.09. The molecule has 0 saturated carbocycles. The van der Waals surface area contributed by atoms with Gasteiger partial charge in [-0.25, -0.2) is 13.2 Å². The largest absolute Gasteiger partial charge is 0.476 e. The van der Waals surface area contributed by atoms with Gasteiger partial charge in [-0.1, -0.05) is 0 Å². The van der Waals surface area contributed by atoms with E-state index >= 15 is 0 Å². The first-order valence-electron chi connectivity index (χ1n) is 6.28. The van der Waals surface area contributed by atoms with Crippen LogP contribution in [0, 0.1) is 0 Å². The van der Waals surface area contributed by atoms with Crippen molar-refractivity contribution in [2.45, 2.75) is 24.3 Å². The minimum atomic E-state index is -5.23. The van der Waals surface area contributed by atoms with E-state index < -0.39 is 59.4 Å². The van der Waals surface area contributed by atoms with E-state index in [1.54, 1.807) is 0 Å². The molecule has 0 aromatic heterocycles. The van der Waals surface area contributed by atoms with Crippen molar-refractivity contribution in [3.63, 3.8) is 0 Å². The lowest BCUT2D eigenvalue weighted by Gasteiger charge is -2.23. The van der Waals surface area contributed by atoms with Crippen LogP contribution in [0.1, 0.15) is 0 Å². The molecule has 0 spiro atoms. The fourth-order valence-electron chi connectivity index (χ4n) is 2.00. The predicted molar refractivity (Wildman–Crippen MR) is 88.1 cm³/mol. The maximum absolute atomic E-state index is 12.3. The molecule has 6 atom stereocenters. The number of hydrogen-bond acceptors (Lipinski definition) is 11. The highest BCUT2D eigenvalue weighted by Crippen LogP contribution is 2.67. The fraction of sp³-hybridized carbons (Fsp3) is 0.857. The summed E-state index contributed by atoms with van der Waals surface area (Å²) in [4.78, 5) is 26.8. The molecule has 25 heavy (non-hydrogen) atoms. The molecule has 0 bridgehead atoms. The molecule has 142 valence electrons. The van der Waals surface area contributed by atoms with Gasteiger partial charge >= 0.3 is 27.4 Å². The highest BCUT2D eigenvalue weighted by atomic mass is 32.5. The first-order valence-corrected chi connectivity index (χ1v) is 12.5. The van der Waals surface area contributed by atoms with Gasteiger partial charge in [0.05, 0.1) is 12.6 Å². The Hall–Kier alpha value is 0.545. The molecule has 2 fully saturated rings. The predicted octanol–water partition coefficient (Wildman–Crippen LogP) is -0.549. The van der Waals surface area contributed by atoms with Crippen LogP contribution >= 0.6 is 34.4 Å². The quantitative estimate of drug-likeness (QED) is 0.208. The van der Waals surface area contributed by atoms with Crippen molar-refractivity contribution in [1.82, 2.24) is 0 Å². The van der Waals surface area contributed by atoms with Gasteiger partial charge in [0.25, 0.3) is 0 Å². The summed E-state index contributed by atoms with van der Waals surface area (Å²) in [6.07, 6.45) is -3.66. The maximum atomic E-state index is 12.3. The zero-order valence-electron chi connectivity index (χ0n) is 12.0. The number of rotatable bonds is 8. The molecule has 2 heterocycles. The molecule has 0 aromatic rings. The maximum Gasteiger partial charge on any atom is 0.476 e. The summed E-state index contributed by atoms with van der Waals surface area (Å²) in [6, 6.07) is -0.908. The van der Waals surface area contributed by atoms with E-state index in [2.05, 4.69) is 20.4 Å². The van der Waals surface area contributed by atoms with Crippen molar-refractivity contribution in [2.24, 2.45) is 0 Å². The number of aliphatic hydroxyl groups excluding tert-OH is 1. The van der Waals surface area contributed by atoms with E-state index in [1.807, 2.05) is 0 Å². The molecule has 2 saturated heterocycles. The van der Waals surface area contributed by atoms with E-state index in [-0.39, 0.29) is 5.24 Å². The summed E-state index contributed by atoms with van der Waals surface area (Å²) in [7, 11) is -4.07. The number of fused-ring (bicyclic) bond motifs is 1. The second-order valence-electron chi connectivity index (χ2n) is 4.72. The molecule has 0 aromatic carbocycles. The van der Waals surface area contributed by atoms with Gasteiger partial charge in [-0.05, 0) is 11.8 Å². The molecule has 6 unspecified atom stereocenters. The van der Waals surface area contributed by atoms with Gasteiger partial charge in [-0.2, -0.15) is 0 Å². The Morgan fingerprint density at radius 3 is 2.32 bits per heavy atom. The fourth-order valence-corrected chi connectivity index (χ4v) is 7.49. The molecular weight excluding hydrogens is 444 g/mol. The van der Waals surface area contributed by atoms with Gasteiger partial charge in [0.2, 0.25) is 0 Å². The van der Waals surface area contributed by atoms with Crippen molar-refractivity contribution >= 4 is 59.2 Å². The second kappa shape index (κ2) is 7.88. The van der Waals surface area contributed by atoms with Gasteiger partial charge < -0.3 is 38.5 Å². The summed E-state index contributed by atoms with van der Waals surface area (Å²) in [6.45, 7) is -5.19. The zero-order chi connectivity index (χ0) is 19.0. The molecule has 2 rings (SSSR count). The van der Waals surface area contributed by atoms with Crippen molar-refractivity contribution < 1.29 is 56.3 Å². The molecule has 0 aliphatic carbocycles. The smallest absolute Gasteiger partial charge is 0.448 e. The monoisotopic (exact) mass is 456 g/mol. The van der Waals surface area contributed by atoms with Crippen molar-refractivity contribution in [3.05, 3.63) is 0 Å². The number of aliphatic hydroxyl groups is 1. The highest BCUT2D eigenvalue weighted by Gasteiger charge is 2.51. The van der Waals surface area contributed by atoms with Crippen molar-refractivity contribution in [3.8, 4) is 0 Å². The Labute approximate surface area is 153 Å². The summed E-state index contributed by atoms with van der Waals surface area (Å²) < 4.78 is 51.7. The summed E-state index contributed by atoms with van der Waals surface area (Å²) in [5.41, 5.74) is 0. The lowest BCUT2D eigenvalue weighted by atomic mass is 9.93. The summed E-state index contributed by atoms with van der Waals surface area (Å²) >= 11 is 9.05. The van der Waals surface area contributed by atoms with Gasteiger partial charge in [0.1, 0.15) is 20.3 Å². The molecule has 4 N–H and O–H groups in total. The first-order chi connectivity index (χ1) is 11.3. The van der Waals surface area contributed by atoms with E-state index in [1.165, 1.54) is 0 Å². The zero-order valence-corrected chi connectivity index (χ0v) is 16.3. The Morgan fingerprint density at radius 2 is 1.76 bits per heavy atom. The van der Waals surface area contributed by atoms with Crippen LogP contribution < -0.4 is 0 Å². The Bertz CT molecular complexity index is 669. The minimum absolute atomic E-state index is 0.152. The van der Waals surface area contributed by atoms with Crippen LogP contribution in [-0.2, 0) is 48.3 Å². The molecule has 2 radical (unpaired) electrons. The summed E-state index contributed by atoms with van der Waals surface area (Å²) in [5.74, 6) is 0. The molecule has 2 aliphatic rings. The van der Waals surface area contributed by atoms with E-state index in [4.69, 9.17) is 53.7 Å².